The Morgan fingerprint density at radius 3 is 2.60 bits per heavy atom. The van der Waals surface area contributed by atoms with Crippen molar-refractivity contribution in [2.75, 3.05) is 7.05 Å². The zero-order valence-electron chi connectivity index (χ0n) is 11.5. The van der Waals surface area contributed by atoms with Crippen molar-refractivity contribution in [1.29, 1.82) is 0 Å². The summed E-state index contributed by atoms with van der Waals surface area (Å²) in [5.74, 6) is 0.898. The summed E-state index contributed by atoms with van der Waals surface area (Å²) in [5.41, 5.74) is 3.15. The van der Waals surface area contributed by atoms with E-state index < -0.39 is 0 Å². The quantitative estimate of drug-likeness (QED) is 0.754. The molecule has 0 radical (unpaired) electrons. The smallest absolute Gasteiger partial charge is 0.134 e. The molecule has 3 aromatic rings. The predicted octanol–water partition coefficient (Wildman–Crippen LogP) is 4.70. The van der Waals surface area contributed by atoms with E-state index in [0.29, 0.717) is 0 Å². The molecule has 102 valence electrons. The Hall–Kier alpha value is -1.77. The van der Waals surface area contributed by atoms with Gasteiger partial charge in [0.1, 0.15) is 11.3 Å². The molecule has 0 saturated carbocycles. The summed E-state index contributed by atoms with van der Waals surface area (Å²) in [6.45, 7) is 2.04. The van der Waals surface area contributed by atoms with Crippen LogP contribution in [-0.4, -0.2) is 7.05 Å². The maximum Gasteiger partial charge on any atom is 0.134 e. The van der Waals surface area contributed by atoms with Gasteiger partial charge in [-0.25, -0.2) is 0 Å². The number of nitrogens with one attached hydrogen (secondary N) is 1. The molecule has 1 N–H and O–H groups in total. The Kier molecular flexibility index (Phi) is 3.51. The minimum atomic E-state index is -0.000185. The highest BCUT2D eigenvalue weighted by Crippen LogP contribution is 2.29. The van der Waals surface area contributed by atoms with Crippen molar-refractivity contribution < 1.29 is 4.42 Å². The monoisotopic (exact) mass is 285 g/mol. The van der Waals surface area contributed by atoms with Crippen LogP contribution in [0.2, 0.25) is 5.02 Å². The van der Waals surface area contributed by atoms with E-state index in [0.717, 1.165) is 32.9 Å². The molecule has 2 aromatic carbocycles. The first-order valence-electron chi connectivity index (χ1n) is 6.60. The SMILES string of the molecule is CNC(c1cc(C)cc(Cl)c1)c1cc2ccccc2o1. The van der Waals surface area contributed by atoms with Gasteiger partial charge in [-0.2, -0.15) is 0 Å². The first-order valence-corrected chi connectivity index (χ1v) is 6.98. The van der Waals surface area contributed by atoms with Crippen molar-refractivity contribution in [1.82, 2.24) is 5.32 Å². The molecule has 0 spiro atoms. The second-order valence-corrected chi connectivity index (χ2v) is 5.41. The molecule has 0 fully saturated rings. The minimum Gasteiger partial charge on any atom is -0.459 e. The summed E-state index contributed by atoms with van der Waals surface area (Å²) in [7, 11) is 1.92. The van der Waals surface area contributed by atoms with Crippen molar-refractivity contribution in [2.24, 2.45) is 0 Å². The first-order chi connectivity index (χ1) is 9.67. The molecule has 0 amide bonds. The zero-order chi connectivity index (χ0) is 14.1. The molecule has 2 nitrogen and oxygen atoms in total. The second-order valence-electron chi connectivity index (χ2n) is 4.97. The summed E-state index contributed by atoms with van der Waals surface area (Å²) in [5, 5.41) is 5.16. The minimum absolute atomic E-state index is 0.000185. The van der Waals surface area contributed by atoms with E-state index in [1.165, 1.54) is 0 Å². The lowest BCUT2D eigenvalue weighted by molar-refractivity contribution is 0.491. The number of benzene rings is 2. The van der Waals surface area contributed by atoms with Crippen LogP contribution in [0.15, 0.2) is 52.9 Å². The Labute approximate surface area is 123 Å². The summed E-state index contributed by atoms with van der Waals surface area (Å²) < 4.78 is 5.95. The molecule has 0 saturated heterocycles. The highest BCUT2D eigenvalue weighted by atomic mass is 35.5. The molecule has 3 heteroatoms. The summed E-state index contributed by atoms with van der Waals surface area (Å²) in [6.07, 6.45) is 0. The van der Waals surface area contributed by atoms with Crippen molar-refractivity contribution in [2.45, 2.75) is 13.0 Å². The van der Waals surface area contributed by atoms with Crippen LogP contribution in [-0.2, 0) is 0 Å². The third-order valence-corrected chi connectivity index (χ3v) is 3.63. The molecule has 0 aliphatic heterocycles. The molecular formula is C17H16ClNO. The highest BCUT2D eigenvalue weighted by Gasteiger charge is 2.17. The fourth-order valence-corrected chi connectivity index (χ4v) is 2.85. The largest absolute Gasteiger partial charge is 0.459 e. The Bertz CT molecular complexity index is 694. The average molecular weight is 286 g/mol. The van der Waals surface area contributed by atoms with Crippen LogP contribution in [0.25, 0.3) is 11.0 Å². The number of fused-ring (bicyclic) bond motifs is 1. The molecule has 1 heterocycles. The van der Waals surface area contributed by atoms with Crippen LogP contribution >= 0.6 is 11.6 Å². The number of furan rings is 1. The lowest BCUT2D eigenvalue weighted by Crippen LogP contribution is -2.17. The molecule has 0 aliphatic carbocycles. The van der Waals surface area contributed by atoms with Crippen molar-refractivity contribution in [3.05, 3.63) is 70.4 Å². The molecule has 1 unspecified atom stereocenters. The highest BCUT2D eigenvalue weighted by molar-refractivity contribution is 6.30. The lowest BCUT2D eigenvalue weighted by atomic mass is 10.0. The van der Waals surface area contributed by atoms with E-state index in [9.17, 15) is 0 Å². The third-order valence-electron chi connectivity index (χ3n) is 3.42. The van der Waals surface area contributed by atoms with Crippen molar-refractivity contribution in [3.63, 3.8) is 0 Å². The van der Waals surface area contributed by atoms with E-state index in [4.69, 9.17) is 16.0 Å². The number of hydrogen-bond acceptors (Lipinski definition) is 2. The second kappa shape index (κ2) is 5.31. The Balaban J connectivity index is 2.08. The topological polar surface area (TPSA) is 25.2 Å². The number of halogens is 1. The van der Waals surface area contributed by atoms with E-state index in [2.05, 4.69) is 23.5 Å². The van der Waals surface area contributed by atoms with Crippen LogP contribution in [0.4, 0.5) is 0 Å². The molecule has 1 aromatic heterocycles. The zero-order valence-corrected chi connectivity index (χ0v) is 12.2. The van der Waals surface area contributed by atoms with E-state index in [1.807, 2.05) is 44.3 Å². The van der Waals surface area contributed by atoms with E-state index in [1.54, 1.807) is 0 Å². The normalized spacial score (nSPS) is 12.8. The van der Waals surface area contributed by atoms with E-state index in [-0.39, 0.29) is 6.04 Å². The molecular weight excluding hydrogens is 270 g/mol. The van der Waals surface area contributed by atoms with Gasteiger partial charge in [0.15, 0.2) is 0 Å². The summed E-state index contributed by atoms with van der Waals surface area (Å²) >= 11 is 6.16. The van der Waals surface area contributed by atoms with Crippen molar-refractivity contribution >= 4 is 22.6 Å². The number of rotatable bonds is 3. The maximum absolute atomic E-state index is 6.16. The van der Waals surface area contributed by atoms with Gasteiger partial charge < -0.3 is 9.73 Å². The predicted molar refractivity (Wildman–Crippen MR) is 83.3 cm³/mol. The van der Waals surface area contributed by atoms with Gasteiger partial charge in [0.2, 0.25) is 0 Å². The van der Waals surface area contributed by atoms with Crippen molar-refractivity contribution in [3.8, 4) is 0 Å². The van der Waals surface area contributed by atoms with Gasteiger partial charge in [-0.3, -0.25) is 0 Å². The molecule has 1 atom stereocenters. The van der Waals surface area contributed by atoms with Gasteiger partial charge in [0.25, 0.3) is 0 Å². The number of para-hydroxylation sites is 1. The lowest BCUT2D eigenvalue weighted by Gasteiger charge is -2.15. The van der Waals surface area contributed by atoms with Gasteiger partial charge in [0.05, 0.1) is 6.04 Å². The van der Waals surface area contributed by atoms with Gasteiger partial charge in [-0.05, 0) is 49.4 Å². The van der Waals surface area contributed by atoms with E-state index >= 15 is 0 Å². The van der Waals surface area contributed by atoms with Gasteiger partial charge in [-0.15, -0.1) is 0 Å². The van der Waals surface area contributed by atoms with Crippen LogP contribution in [0.1, 0.15) is 22.9 Å². The molecule has 0 aliphatic rings. The Morgan fingerprint density at radius 1 is 1.10 bits per heavy atom. The fraction of sp³-hybridized carbons (Fsp3) is 0.176. The van der Waals surface area contributed by atoms with Gasteiger partial charge in [-0.1, -0.05) is 35.9 Å². The fourth-order valence-electron chi connectivity index (χ4n) is 2.55. The molecule has 20 heavy (non-hydrogen) atoms. The molecule has 3 rings (SSSR count). The first kappa shape index (κ1) is 13.2. The standard InChI is InChI=1S/C17H16ClNO/c1-11-7-13(9-14(18)8-11)17(19-2)16-10-12-5-3-4-6-15(12)20-16/h3-10,17,19H,1-2H3. The summed E-state index contributed by atoms with van der Waals surface area (Å²) in [6, 6.07) is 16.2. The van der Waals surface area contributed by atoms with Crippen LogP contribution in [0.3, 0.4) is 0 Å². The average Bonchev–Trinajstić information content (AvgIpc) is 2.81. The number of aryl methyl sites for hydroxylation is 1. The van der Waals surface area contributed by atoms with Crippen LogP contribution in [0.5, 0.6) is 0 Å². The van der Waals surface area contributed by atoms with Gasteiger partial charge in [0, 0.05) is 10.4 Å². The molecule has 0 bridgehead atoms. The Morgan fingerprint density at radius 2 is 1.90 bits per heavy atom. The maximum atomic E-state index is 6.16. The van der Waals surface area contributed by atoms with Gasteiger partial charge >= 0.3 is 0 Å². The number of hydrogen-bond donors (Lipinski definition) is 1. The summed E-state index contributed by atoms with van der Waals surface area (Å²) in [4.78, 5) is 0. The third kappa shape index (κ3) is 2.45. The van der Waals surface area contributed by atoms with Crippen LogP contribution < -0.4 is 5.32 Å². The van der Waals surface area contributed by atoms with Crippen LogP contribution in [0, 0.1) is 6.92 Å².